The standard InChI is InChI=1S/C20H21N3O3/c1-3-22-17-6-4-5-7-18(17)23(20(22)26)13-12-19(25)21-16-10-8-15(9-11-16)14(2)24/h4-11H,3,12-13H2,1-2H3,(H,21,25). The number of ketones is 1. The SMILES string of the molecule is CCn1c(=O)n(CCC(=O)Nc2ccc(C(C)=O)cc2)c2ccccc21. The molecule has 0 saturated heterocycles. The maximum atomic E-state index is 12.6. The van der Waals surface area contributed by atoms with E-state index in [0.29, 0.717) is 24.3 Å². The molecule has 0 radical (unpaired) electrons. The van der Waals surface area contributed by atoms with Crippen LogP contribution in [0.25, 0.3) is 11.0 Å². The Kier molecular flexibility index (Phi) is 5.02. The first-order chi connectivity index (χ1) is 12.5. The molecule has 0 aliphatic rings. The number of benzene rings is 2. The lowest BCUT2D eigenvalue weighted by Crippen LogP contribution is -2.25. The molecule has 134 valence electrons. The number of hydrogen-bond acceptors (Lipinski definition) is 3. The van der Waals surface area contributed by atoms with Gasteiger partial charge in [0.15, 0.2) is 5.78 Å². The molecular formula is C20H21N3O3. The number of aryl methyl sites for hydroxylation is 2. The van der Waals surface area contributed by atoms with Crippen LogP contribution in [0.4, 0.5) is 5.69 Å². The summed E-state index contributed by atoms with van der Waals surface area (Å²) in [6, 6.07) is 14.3. The molecule has 6 heteroatoms. The van der Waals surface area contributed by atoms with Crippen molar-refractivity contribution in [1.82, 2.24) is 9.13 Å². The van der Waals surface area contributed by atoms with Crippen LogP contribution in [0, 0.1) is 0 Å². The molecule has 26 heavy (non-hydrogen) atoms. The number of Topliss-reactive ketones (excluding diaryl/α,β-unsaturated/α-hetero) is 1. The minimum atomic E-state index is -0.180. The van der Waals surface area contributed by atoms with Gasteiger partial charge in [-0.05, 0) is 50.2 Å². The fourth-order valence-corrected chi connectivity index (χ4v) is 3.02. The van der Waals surface area contributed by atoms with Gasteiger partial charge in [0.1, 0.15) is 0 Å². The van der Waals surface area contributed by atoms with Crippen LogP contribution in [-0.4, -0.2) is 20.8 Å². The van der Waals surface area contributed by atoms with Crippen molar-refractivity contribution in [2.24, 2.45) is 0 Å². The van der Waals surface area contributed by atoms with E-state index in [4.69, 9.17) is 0 Å². The van der Waals surface area contributed by atoms with E-state index >= 15 is 0 Å². The van der Waals surface area contributed by atoms with E-state index in [1.165, 1.54) is 6.92 Å². The van der Waals surface area contributed by atoms with Gasteiger partial charge < -0.3 is 5.32 Å². The highest BCUT2D eigenvalue weighted by molar-refractivity contribution is 5.95. The van der Waals surface area contributed by atoms with Gasteiger partial charge in [0.2, 0.25) is 5.91 Å². The monoisotopic (exact) mass is 351 g/mol. The van der Waals surface area contributed by atoms with Gasteiger partial charge in [0, 0.05) is 30.8 Å². The fourth-order valence-electron chi connectivity index (χ4n) is 3.02. The number of aromatic nitrogens is 2. The summed E-state index contributed by atoms with van der Waals surface area (Å²) in [6.45, 7) is 4.32. The van der Waals surface area contributed by atoms with Gasteiger partial charge in [0.25, 0.3) is 0 Å². The maximum Gasteiger partial charge on any atom is 0.329 e. The van der Waals surface area contributed by atoms with Crippen molar-refractivity contribution in [3.05, 3.63) is 64.6 Å². The van der Waals surface area contributed by atoms with Crippen LogP contribution in [-0.2, 0) is 17.9 Å². The predicted molar refractivity (Wildman–Crippen MR) is 102 cm³/mol. The summed E-state index contributed by atoms with van der Waals surface area (Å²) in [6.07, 6.45) is 0.187. The Morgan fingerprint density at radius 1 is 0.962 bits per heavy atom. The number of nitrogens with zero attached hydrogens (tertiary/aromatic N) is 2. The Balaban J connectivity index is 1.72. The molecule has 0 spiro atoms. The minimum Gasteiger partial charge on any atom is -0.326 e. The summed E-state index contributed by atoms with van der Waals surface area (Å²) >= 11 is 0. The van der Waals surface area contributed by atoms with Crippen LogP contribution in [0.2, 0.25) is 0 Å². The number of fused-ring (bicyclic) bond motifs is 1. The van der Waals surface area contributed by atoms with Crippen LogP contribution < -0.4 is 11.0 Å². The molecule has 3 aromatic rings. The molecule has 0 atom stereocenters. The molecule has 1 amide bonds. The average Bonchev–Trinajstić information content (AvgIpc) is 2.91. The van der Waals surface area contributed by atoms with Crippen LogP contribution in [0.1, 0.15) is 30.6 Å². The summed E-state index contributed by atoms with van der Waals surface area (Å²) < 4.78 is 3.34. The van der Waals surface area contributed by atoms with Crippen molar-refractivity contribution in [3.63, 3.8) is 0 Å². The second-order valence-electron chi connectivity index (χ2n) is 6.10. The van der Waals surface area contributed by atoms with Crippen LogP contribution >= 0.6 is 0 Å². The third kappa shape index (κ3) is 3.44. The zero-order chi connectivity index (χ0) is 18.7. The average molecular weight is 351 g/mol. The normalized spacial score (nSPS) is 10.8. The first-order valence-electron chi connectivity index (χ1n) is 8.60. The summed E-state index contributed by atoms with van der Waals surface area (Å²) in [5.74, 6) is -0.199. The molecule has 0 unspecified atom stereocenters. The minimum absolute atomic E-state index is 0.0189. The Labute approximate surface area is 151 Å². The summed E-state index contributed by atoms with van der Waals surface area (Å²) in [4.78, 5) is 36.1. The lowest BCUT2D eigenvalue weighted by atomic mass is 10.1. The van der Waals surface area contributed by atoms with Gasteiger partial charge in [0.05, 0.1) is 11.0 Å². The van der Waals surface area contributed by atoms with Crippen LogP contribution in [0.5, 0.6) is 0 Å². The molecule has 1 aromatic heterocycles. The third-order valence-electron chi connectivity index (χ3n) is 4.38. The largest absolute Gasteiger partial charge is 0.329 e. The van der Waals surface area contributed by atoms with Crippen molar-refractivity contribution in [2.75, 3.05) is 5.32 Å². The van der Waals surface area contributed by atoms with Crippen molar-refractivity contribution < 1.29 is 9.59 Å². The highest BCUT2D eigenvalue weighted by atomic mass is 16.2. The number of hydrogen-bond donors (Lipinski definition) is 1. The molecule has 0 saturated carbocycles. The highest BCUT2D eigenvalue weighted by Gasteiger charge is 2.13. The Bertz CT molecular complexity index is 1010. The van der Waals surface area contributed by atoms with E-state index in [1.54, 1.807) is 33.4 Å². The Morgan fingerprint density at radius 2 is 1.58 bits per heavy atom. The topological polar surface area (TPSA) is 73.1 Å². The van der Waals surface area contributed by atoms with Gasteiger partial charge in [-0.2, -0.15) is 0 Å². The lowest BCUT2D eigenvalue weighted by Gasteiger charge is -2.07. The van der Waals surface area contributed by atoms with Gasteiger partial charge in [-0.15, -0.1) is 0 Å². The molecule has 1 N–H and O–H groups in total. The van der Waals surface area contributed by atoms with E-state index in [-0.39, 0.29) is 23.8 Å². The zero-order valence-electron chi connectivity index (χ0n) is 14.9. The number of anilines is 1. The number of carbonyl (C=O) groups is 2. The smallest absolute Gasteiger partial charge is 0.326 e. The van der Waals surface area contributed by atoms with Crippen molar-refractivity contribution in [3.8, 4) is 0 Å². The quantitative estimate of drug-likeness (QED) is 0.694. The van der Waals surface area contributed by atoms with Crippen molar-refractivity contribution in [1.29, 1.82) is 0 Å². The second-order valence-corrected chi connectivity index (χ2v) is 6.10. The molecule has 3 rings (SSSR count). The fraction of sp³-hybridized carbons (Fsp3) is 0.250. The Morgan fingerprint density at radius 3 is 2.15 bits per heavy atom. The lowest BCUT2D eigenvalue weighted by molar-refractivity contribution is -0.116. The number of imidazole rings is 1. The number of rotatable bonds is 6. The van der Waals surface area contributed by atoms with Gasteiger partial charge in [-0.1, -0.05) is 12.1 Å². The van der Waals surface area contributed by atoms with Gasteiger partial charge in [-0.25, -0.2) is 4.79 Å². The van der Waals surface area contributed by atoms with E-state index in [0.717, 1.165) is 11.0 Å². The molecule has 6 nitrogen and oxygen atoms in total. The number of nitrogens with one attached hydrogen (secondary N) is 1. The molecule has 1 heterocycles. The molecule has 0 fully saturated rings. The molecule has 0 aliphatic heterocycles. The zero-order valence-corrected chi connectivity index (χ0v) is 14.9. The highest BCUT2D eigenvalue weighted by Crippen LogP contribution is 2.14. The first kappa shape index (κ1) is 17.7. The van der Waals surface area contributed by atoms with E-state index in [2.05, 4.69) is 5.32 Å². The molecule has 0 aliphatic carbocycles. The van der Waals surface area contributed by atoms with Crippen molar-refractivity contribution >= 4 is 28.4 Å². The van der Waals surface area contributed by atoms with E-state index in [1.807, 2.05) is 31.2 Å². The van der Waals surface area contributed by atoms with Gasteiger partial charge in [-0.3, -0.25) is 18.7 Å². The van der Waals surface area contributed by atoms with E-state index < -0.39 is 0 Å². The predicted octanol–water partition coefficient (Wildman–Crippen LogP) is 3.05. The molecule has 2 aromatic carbocycles. The second kappa shape index (κ2) is 7.39. The van der Waals surface area contributed by atoms with Gasteiger partial charge >= 0.3 is 5.69 Å². The van der Waals surface area contributed by atoms with Crippen molar-refractivity contribution in [2.45, 2.75) is 33.4 Å². The molecular weight excluding hydrogens is 330 g/mol. The Hall–Kier alpha value is -3.15. The number of amides is 1. The van der Waals surface area contributed by atoms with E-state index in [9.17, 15) is 14.4 Å². The number of carbonyl (C=O) groups excluding carboxylic acids is 2. The maximum absolute atomic E-state index is 12.6. The third-order valence-corrected chi connectivity index (χ3v) is 4.38. The molecule has 0 bridgehead atoms. The summed E-state index contributed by atoms with van der Waals surface area (Å²) in [7, 11) is 0. The van der Waals surface area contributed by atoms with Crippen LogP contribution in [0.15, 0.2) is 53.3 Å². The summed E-state index contributed by atoms with van der Waals surface area (Å²) in [5, 5.41) is 2.79. The first-order valence-corrected chi connectivity index (χ1v) is 8.60. The van der Waals surface area contributed by atoms with Crippen LogP contribution in [0.3, 0.4) is 0 Å². The summed E-state index contributed by atoms with van der Waals surface area (Å²) in [5.41, 5.74) is 2.83. The number of para-hydroxylation sites is 2.